The normalized spacial score (nSPS) is 17.2. The zero-order valence-electron chi connectivity index (χ0n) is 15.3. The fraction of sp³-hybridized carbons (Fsp3) is 1.00. The molecule has 2 nitrogen and oxygen atoms in total. The van der Waals surface area contributed by atoms with Crippen LogP contribution in [0.1, 0.15) is 110 Å². The lowest BCUT2D eigenvalue weighted by Gasteiger charge is -2.38. The van der Waals surface area contributed by atoms with E-state index in [4.69, 9.17) is 0 Å². The van der Waals surface area contributed by atoms with Crippen molar-refractivity contribution in [3.05, 3.63) is 5.21 Å². The molecule has 1 aliphatic heterocycles. The maximum absolute atomic E-state index is 12.2. The van der Waals surface area contributed by atoms with Gasteiger partial charge in [-0.3, -0.25) is 0 Å². The number of quaternary nitrogens is 1. The van der Waals surface area contributed by atoms with Crippen LogP contribution in [0.15, 0.2) is 0 Å². The van der Waals surface area contributed by atoms with Crippen LogP contribution in [0, 0.1) is 5.21 Å². The fourth-order valence-corrected chi connectivity index (χ4v) is 3.73. The first-order valence-electron chi connectivity index (χ1n) is 10.3. The Morgan fingerprint density at radius 3 is 1.36 bits per heavy atom. The second kappa shape index (κ2) is 13.4. The van der Waals surface area contributed by atoms with Crippen LogP contribution in [-0.4, -0.2) is 24.3 Å². The molecule has 2 heteroatoms. The van der Waals surface area contributed by atoms with Crippen LogP contribution >= 0.6 is 0 Å². The molecule has 132 valence electrons. The molecule has 0 saturated carbocycles. The summed E-state index contributed by atoms with van der Waals surface area (Å²) in [5.74, 6) is 0. The third-order valence-electron chi connectivity index (χ3n) is 5.30. The van der Waals surface area contributed by atoms with Gasteiger partial charge in [0.15, 0.2) is 0 Å². The fourth-order valence-electron chi connectivity index (χ4n) is 3.73. The van der Waals surface area contributed by atoms with E-state index in [0.29, 0.717) is 0 Å². The van der Waals surface area contributed by atoms with E-state index in [1.54, 1.807) is 0 Å². The topological polar surface area (TPSA) is 23.1 Å². The van der Waals surface area contributed by atoms with Gasteiger partial charge in [-0.15, -0.1) is 0 Å². The van der Waals surface area contributed by atoms with Crippen molar-refractivity contribution in [2.45, 2.75) is 110 Å². The van der Waals surface area contributed by atoms with Crippen LogP contribution in [0.25, 0.3) is 0 Å². The third kappa shape index (κ3) is 10.6. The van der Waals surface area contributed by atoms with E-state index >= 15 is 0 Å². The van der Waals surface area contributed by atoms with Crippen LogP contribution in [0.2, 0.25) is 0 Å². The van der Waals surface area contributed by atoms with E-state index in [1.165, 1.54) is 83.5 Å². The first-order valence-corrected chi connectivity index (χ1v) is 10.3. The smallest absolute Gasteiger partial charge is 0.0786 e. The molecule has 1 fully saturated rings. The largest absolute Gasteiger partial charge is 0.633 e. The number of rotatable bonds is 15. The van der Waals surface area contributed by atoms with Gasteiger partial charge in [-0.2, -0.15) is 0 Å². The van der Waals surface area contributed by atoms with Gasteiger partial charge in [0.25, 0.3) is 0 Å². The predicted octanol–water partition coefficient (Wildman–Crippen LogP) is 6.58. The molecule has 0 atom stereocenters. The quantitative estimate of drug-likeness (QED) is 0.190. The second-order valence-corrected chi connectivity index (χ2v) is 7.53. The Labute approximate surface area is 139 Å². The Hall–Kier alpha value is -0.0800. The molecule has 1 saturated heterocycles. The van der Waals surface area contributed by atoms with Gasteiger partial charge in [-0.1, -0.05) is 84.0 Å². The summed E-state index contributed by atoms with van der Waals surface area (Å²) in [6, 6.07) is 0. The highest BCUT2D eigenvalue weighted by Gasteiger charge is 2.21. The molecule has 0 aliphatic carbocycles. The molecule has 1 rings (SSSR count). The molecule has 1 aliphatic rings. The van der Waals surface area contributed by atoms with E-state index in [0.717, 1.165) is 38.9 Å². The van der Waals surface area contributed by atoms with Crippen LogP contribution in [0.3, 0.4) is 0 Å². The van der Waals surface area contributed by atoms with Gasteiger partial charge in [0.05, 0.1) is 19.6 Å². The SMILES string of the molecule is CCCCCCCCCCCCCCCC[N+]1([O-])CCCC1. The van der Waals surface area contributed by atoms with Crippen molar-refractivity contribution >= 4 is 0 Å². The maximum Gasteiger partial charge on any atom is 0.0786 e. The van der Waals surface area contributed by atoms with Crippen molar-refractivity contribution in [1.82, 2.24) is 0 Å². The zero-order chi connectivity index (χ0) is 15.9. The van der Waals surface area contributed by atoms with Gasteiger partial charge in [0.1, 0.15) is 0 Å². The van der Waals surface area contributed by atoms with Crippen molar-refractivity contribution in [3.63, 3.8) is 0 Å². The summed E-state index contributed by atoms with van der Waals surface area (Å²) in [4.78, 5) is 0. The second-order valence-electron chi connectivity index (χ2n) is 7.53. The summed E-state index contributed by atoms with van der Waals surface area (Å²) < 4.78 is 0.123. The lowest BCUT2D eigenvalue weighted by Crippen LogP contribution is -2.39. The minimum Gasteiger partial charge on any atom is -0.633 e. The van der Waals surface area contributed by atoms with Crippen LogP contribution < -0.4 is 0 Å². The zero-order valence-corrected chi connectivity index (χ0v) is 15.3. The van der Waals surface area contributed by atoms with E-state index in [1.807, 2.05) is 0 Å². The molecule has 22 heavy (non-hydrogen) atoms. The minimum absolute atomic E-state index is 0.123. The highest BCUT2D eigenvalue weighted by molar-refractivity contribution is 4.56. The molecule has 0 bridgehead atoms. The average Bonchev–Trinajstić information content (AvgIpc) is 2.94. The minimum atomic E-state index is 0.123. The van der Waals surface area contributed by atoms with Crippen molar-refractivity contribution < 1.29 is 4.65 Å². The molecule has 0 amide bonds. The van der Waals surface area contributed by atoms with Crippen LogP contribution in [-0.2, 0) is 0 Å². The molecule has 0 aromatic carbocycles. The van der Waals surface area contributed by atoms with Crippen LogP contribution in [0.4, 0.5) is 0 Å². The molecule has 0 spiro atoms. The van der Waals surface area contributed by atoms with Gasteiger partial charge < -0.3 is 9.85 Å². The summed E-state index contributed by atoms with van der Waals surface area (Å²) in [6.45, 7) is 4.95. The van der Waals surface area contributed by atoms with Gasteiger partial charge in [-0.25, -0.2) is 0 Å². The van der Waals surface area contributed by atoms with Gasteiger partial charge >= 0.3 is 0 Å². The summed E-state index contributed by atoms with van der Waals surface area (Å²) in [5, 5.41) is 12.2. The predicted molar refractivity (Wildman–Crippen MR) is 97.8 cm³/mol. The standard InChI is InChI=1S/C20H41NO/c1-2-3-4-5-6-7-8-9-10-11-12-13-14-15-18-21(22)19-16-17-20-21/h2-20H2,1H3. The Kier molecular flexibility index (Phi) is 12.1. The summed E-state index contributed by atoms with van der Waals surface area (Å²) >= 11 is 0. The van der Waals surface area contributed by atoms with Crippen molar-refractivity contribution in [2.24, 2.45) is 0 Å². The molecule has 0 aromatic heterocycles. The number of likely N-dealkylation sites (tertiary alicyclic amines) is 1. The first-order chi connectivity index (χ1) is 10.8. The number of hydrogen-bond donors (Lipinski definition) is 0. The molecule has 0 unspecified atom stereocenters. The lowest BCUT2D eigenvalue weighted by atomic mass is 10.0. The number of unbranched alkanes of at least 4 members (excludes halogenated alkanes) is 13. The van der Waals surface area contributed by atoms with Gasteiger partial charge in [-0.05, 0) is 12.8 Å². The maximum atomic E-state index is 12.2. The van der Waals surface area contributed by atoms with E-state index in [9.17, 15) is 5.21 Å². The molecular weight excluding hydrogens is 270 g/mol. The Morgan fingerprint density at radius 1 is 0.591 bits per heavy atom. The average molecular weight is 312 g/mol. The van der Waals surface area contributed by atoms with E-state index in [-0.39, 0.29) is 4.65 Å². The monoisotopic (exact) mass is 311 g/mol. The van der Waals surface area contributed by atoms with E-state index < -0.39 is 0 Å². The Balaban J connectivity index is 1.71. The molecule has 1 heterocycles. The van der Waals surface area contributed by atoms with Crippen LogP contribution in [0.5, 0.6) is 0 Å². The summed E-state index contributed by atoms with van der Waals surface area (Å²) in [7, 11) is 0. The lowest BCUT2D eigenvalue weighted by molar-refractivity contribution is -0.868. The molecular formula is C20H41NO. The highest BCUT2D eigenvalue weighted by atomic mass is 16.5. The van der Waals surface area contributed by atoms with Gasteiger partial charge in [0.2, 0.25) is 0 Å². The highest BCUT2D eigenvalue weighted by Crippen LogP contribution is 2.19. The van der Waals surface area contributed by atoms with E-state index in [2.05, 4.69) is 6.92 Å². The third-order valence-corrected chi connectivity index (χ3v) is 5.30. The van der Waals surface area contributed by atoms with Gasteiger partial charge in [0, 0.05) is 12.8 Å². The first kappa shape index (κ1) is 20.0. The number of hydroxylamine groups is 3. The summed E-state index contributed by atoms with van der Waals surface area (Å²) in [6.07, 6.45) is 21.8. The van der Waals surface area contributed by atoms with Crippen molar-refractivity contribution in [3.8, 4) is 0 Å². The van der Waals surface area contributed by atoms with Crippen molar-refractivity contribution in [2.75, 3.05) is 19.6 Å². The Morgan fingerprint density at radius 2 is 0.955 bits per heavy atom. The Bertz CT molecular complexity index is 236. The number of nitrogens with zero attached hydrogens (tertiary/aromatic N) is 1. The molecule has 0 aromatic rings. The van der Waals surface area contributed by atoms with Crippen molar-refractivity contribution in [1.29, 1.82) is 0 Å². The summed E-state index contributed by atoms with van der Waals surface area (Å²) in [5.41, 5.74) is 0. The molecule has 0 N–H and O–H groups in total. The molecule has 0 radical (unpaired) electrons. The number of hydrogen-bond acceptors (Lipinski definition) is 1.